The van der Waals surface area contributed by atoms with Crippen LogP contribution in [-0.2, 0) is 57.2 Å². The molecule has 2 bridgehead atoms. The fraction of sp³-hybridized carbons (Fsp3) is 0.462. The third-order valence-corrected chi connectivity index (χ3v) is 14.4. The number of ether oxygens (including phenoxy) is 6. The van der Waals surface area contributed by atoms with E-state index >= 15 is 9.59 Å². The number of Topliss-reactive ketones (excluding diaryl/α,β-unsaturated/α-hetero) is 2. The number of amides is 1. The second-order valence-corrected chi connectivity index (χ2v) is 19.0. The molecule has 3 aromatic carbocycles. The maximum absolute atomic E-state index is 15.7. The molecule has 0 aromatic heterocycles. The largest absolute Gasteiger partial charge is 0.455 e. The van der Waals surface area contributed by atoms with Crippen LogP contribution in [0.2, 0.25) is 0 Å². The number of fused-ring (bicyclic) bond motifs is 5. The summed E-state index contributed by atoms with van der Waals surface area (Å²) in [5, 5.41) is 28.9. The molecule has 0 radical (unpaired) electrons. The predicted octanol–water partition coefficient (Wildman–Crippen LogP) is 4.66. The van der Waals surface area contributed by atoms with E-state index in [1.807, 2.05) is 0 Å². The van der Waals surface area contributed by atoms with Crippen LogP contribution in [0.25, 0.3) is 0 Å². The van der Waals surface area contributed by atoms with Crippen molar-refractivity contribution in [2.24, 2.45) is 16.7 Å². The highest BCUT2D eigenvalue weighted by Crippen LogP contribution is 2.64. The molecule has 3 N–H and O–H groups in total. The molecule has 7 rings (SSSR count). The number of esters is 5. The zero-order valence-corrected chi connectivity index (χ0v) is 39.4. The van der Waals surface area contributed by atoms with Gasteiger partial charge in [0.15, 0.2) is 17.5 Å². The lowest BCUT2D eigenvalue weighted by molar-refractivity contribution is -0.346. The van der Waals surface area contributed by atoms with Gasteiger partial charge in [-0.25, -0.2) is 9.59 Å². The summed E-state index contributed by atoms with van der Waals surface area (Å²) < 4.78 is 36.5. The van der Waals surface area contributed by atoms with Gasteiger partial charge in [-0.2, -0.15) is 0 Å². The lowest BCUT2D eigenvalue weighted by Crippen LogP contribution is -2.82. The van der Waals surface area contributed by atoms with Gasteiger partial charge in [-0.15, -0.1) is 0 Å². The lowest BCUT2D eigenvalue weighted by atomic mass is 9.44. The van der Waals surface area contributed by atoms with Crippen molar-refractivity contribution in [2.75, 3.05) is 6.61 Å². The Balaban J connectivity index is 1.42. The van der Waals surface area contributed by atoms with Crippen LogP contribution in [0.3, 0.4) is 0 Å². The number of nitrogens with one attached hydrogen (secondary N) is 1. The number of aliphatic hydroxyl groups is 2. The Kier molecular flexibility index (Phi) is 14.2. The Morgan fingerprint density at radius 2 is 1.39 bits per heavy atom. The normalized spacial score (nSPS) is 29.7. The molecule has 11 atom stereocenters. The van der Waals surface area contributed by atoms with Crippen molar-refractivity contribution in [2.45, 2.75) is 128 Å². The molecular formula is C52H57NO16. The van der Waals surface area contributed by atoms with Crippen LogP contribution < -0.4 is 5.32 Å². The van der Waals surface area contributed by atoms with E-state index < -0.39 is 125 Å². The number of hydrogen-bond donors (Lipinski definition) is 3. The summed E-state index contributed by atoms with van der Waals surface area (Å²) >= 11 is 0. The number of aliphatic hydroxyl groups excluding tert-OH is 1. The molecule has 3 unspecified atom stereocenters. The standard InChI is InChI=1S/C52H57NO16/c1-28(54)23-24-38(58)67-42(40(32-17-11-8-12-18-32)53-46(60)33-19-13-9-14-20-33)48(62)66-35-26-52(63)45(68-47(61)34-21-15-10-16-22-34)43-50(7,36(57)25-37-51(43,27-64-37)69-31(4)56)44(59)41(65-30(3)55)39(29(35)2)49(52,5)6/h8-22,35-37,40-43,45,57,63H,23-27H2,1-7H3,(H,53,60)/t35-,36-,37?,40-,41+,42+,43?,45?,50+,51-,52+/m0/s1. The molecule has 17 nitrogen and oxygen atoms in total. The summed E-state index contributed by atoms with van der Waals surface area (Å²) in [6.07, 6.45) is -11.5. The average Bonchev–Trinajstić information content (AvgIpc) is 3.30. The number of carbonyl (C=O) groups excluding carboxylic acids is 8. The summed E-state index contributed by atoms with van der Waals surface area (Å²) in [5.74, 6) is -8.43. The maximum Gasteiger partial charge on any atom is 0.350 e. The molecule has 1 saturated heterocycles. The molecule has 1 aliphatic heterocycles. The Morgan fingerprint density at radius 1 is 0.797 bits per heavy atom. The van der Waals surface area contributed by atoms with Crippen molar-refractivity contribution < 1.29 is 77.0 Å². The smallest absolute Gasteiger partial charge is 0.350 e. The molecular weight excluding hydrogens is 895 g/mol. The first-order chi connectivity index (χ1) is 32.6. The number of ketones is 2. The monoisotopic (exact) mass is 951 g/mol. The molecule has 69 heavy (non-hydrogen) atoms. The van der Waals surface area contributed by atoms with Gasteiger partial charge in [0.1, 0.15) is 35.7 Å². The molecule has 2 saturated carbocycles. The minimum Gasteiger partial charge on any atom is -0.455 e. The second kappa shape index (κ2) is 19.4. The highest BCUT2D eigenvalue weighted by atomic mass is 16.6. The van der Waals surface area contributed by atoms with Crippen molar-refractivity contribution >= 4 is 47.3 Å². The molecule has 1 amide bonds. The van der Waals surface area contributed by atoms with E-state index in [0.29, 0.717) is 5.56 Å². The lowest BCUT2D eigenvalue weighted by Gasteiger charge is -2.67. The van der Waals surface area contributed by atoms with Crippen molar-refractivity contribution in [3.63, 3.8) is 0 Å². The quantitative estimate of drug-likeness (QED) is 0.113. The van der Waals surface area contributed by atoms with Crippen LogP contribution in [0.4, 0.5) is 0 Å². The first-order valence-electron chi connectivity index (χ1n) is 22.8. The Hall–Kier alpha value is -6.56. The van der Waals surface area contributed by atoms with Gasteiger partial charge in [0.2, 0.25) is 6.10 Å². The van der Waals surface area contributed by atoms with Gasteiger partial charge in [-0.05, 0) is 61.7 Å². The van der Waals surface area contributed by atoms with Gasteiger partial charge in [0, 0.05) is 44.1 Å². The number of hydrogen-bond acceptors (Lipinski definition) is 16. The summed E-state index contributed by atoms with van der Waals surface area (Å²) in [6.45, 7) is 9.09. The summed E-state index contributed by atoms with van der Waals surface area (Å²) in [6, 6.07) is 22.5. The second-order valence-electron chi connectivity index (χ2n) is 19.0. The van der Waals surface area contributed by atoms with Crippen molar-refractivity contribution in [3.05, 3.63) is 119 Å². The minimum atomic E-state index is -2.47. The maximum atomic E-state index is 15.7. The third kappa shape index (κ3) is 9.22. The van der Waals surface area contributed by atoms with E-state index in [4.69, 9.17) is 28.4 Å². The van der Waals surface area contributed by atoms with Gasteiger partial charge in [0.25, 0.3) is 5.91 Å². The van der Waals surface area contributed by atoms with Crippen molar-refractivity contribution in [1.29, 1.82) is 0 Å². The molecule has 3 aliphatic carbocycles. The molecule has 3 fully saturated rings. The SMILES string of the molecule is CC(=O)CCC(=O)O[C@@H](C(=O)O[C@H]1C[C@@]2(O)C(OC(=O)c3ccccc3)C3[C@]4(OC(C)=O)COC4C[C@H](O)[C@@]3(C)C(=O)[C@H](OC(C)=O)C(=C1C)C2(C)C)[C@@H](NC(=O)c1ccccc1)c1ccccc1. The van der Waals surface area contributed by atoms with E-state index in [-0.39, 0.29) is 47.5 Å². The average molecular weight is 952 g/mol. The summed E-state index contributed by atoms with van der Waals surface area (Å²) in [7, 11) is 0. The Morgan fingerprint density at radius 3 is 1.94 bits per heavy atom. The molecule has 3 aromatic rings. The predicted molar refractivity (Wildman–Crippen MR) is 241 cm³/mol. The van der Waals surface area contributed by atoms with E-state index in [1.165, 1.54) is 58.9 Å². The zero-order valence-electron chi connectivity index (χ0n) is 39.4. The molecule has 1 heterocycles. The highest BCUT2D eigenvalue weighted by molar-refractivity contribution is 5.96. The number of carbonyl (C=O) groups is 8. The van der Waals surface area contributed by atoms with Gasteiger partial charge >= 0.3 is 29.8 Å². The van der Waals surface area contributed by atoms with Crippen LogP contribution in [0.1, 0.15) is 106 Å². The molecule has 17 heteroatoms. The number of benzene rings is 3. The summed E-state index contributed by atoms with van der Waals surface area (Å²) in [5.41, 5.74) is -7.52. The topological polar surface area (TPSA) is 244 Å². The third-order valence-electron chi connectivity index (χ3n) is 14.4. The Bertz CT molecular complexity index is 2540. The highest BCUT2D eigenvalue weighted by Gasteiger charge is 2.78. The van der Waals surface area contributed by atoms with Crippen LogP contribution >= 0.6 is 0 Å². The zero-order chi connectivity index (χ0) is 50.2. The molecule has 366 valence electrons. The van der Waals surface area contributed by atoms with Gasteiger partial charge in [0.05, 0.1) is 36.0 Å². The van der Waals surface area contributed by atoms with Crippen molar-refractivity contribution in [1.82, 2.24) is 5.32 Å². The fourth-order valence-electron chi connectivity index (χ4n) is 10.8. The first-order valence-corrected chi connectivity index (χ1v) is 22.8. The Labute approximate surface area is 398 Å². The van der Waals surface area contributed by atoms with E-state index in [9.17, 15) is 39.0 Å². The number of rotatable bonds is 14. The van der Waals surface area contributed by atoms with E-state index in [0.717, 1.165) is 13.8 Å². The van der Waals surface area contributed by atoms with Gasteiger partial charge < -0.3 is 48.7 Å². The van der Waals surface area contributed by atoms with Crippen molar-refractivity contribution in [3.8, 4) is 0 Å². The summed E-state index contributed by atoms with van der Waals surface area (Å²) in [4.78, 5) is 111. The van der Waals surface area contributed by atoms with E-state index in [2.05, 4.69) is 5.32 Å². The fourth-order valence-corrected chi connectivity index (χ4v) is 10.8. The van der Waals surface area contributed by atoms with E-state index in [1.54, 1.807) is 66.7 Å². The first kappa shape index (κ1) is 50.3. The van der Waals surface area contributed by atoms with Crippen LogP contribution in [0.5, 0.6) is 0 Å². The van der Waals surface area contributed by atoms with Gasteiger partial charge in [-0.3, -0.25) is 24.0 Å². The molecule has 4 aliphatic rings. The van der Waals surface area contributed by atoms with Gasteiger partial charge in [-0.1, -0.05) is 80.6 Å². The minimum absolute atomic E-state index is 0.0377. The van der Waals surface area contributed by atoms with Crippen LogP contribution in [0, 0.1) is 16.7 Å². The molecule has 0 spiro atoms. The van der Waals surface area contributed by atoms with Crippen LogP contribution in [-0.4, -0.2) is 112 Å². The van der Waals surface area contributed by atoms with Crippen LogP contribution in [0.15, 0.2) is 102 Å².